The molecule has 0 spiro atoms. The second-order valence-corrected chi connectivity index (χ2v) is 7.29. The van der Waals surface area contributed by atoms with Crippen LogP contribution in [0.3, 0.4) is 0 Å². The molecule has 0 saturated heterocycles. The van der Waals surface area contributed by atoms with Gasteiger partial charge in [0.25, 0.3) is 0 Å². The van der Waals surface area contributed by atoms with Gasteiger partial charge in [0.15, 0.2) is 11.5 Å². The highest BCUT2D eigenvalue weighted by Gasteiger charge is 2.23. The first-order valence-electron chi connectivity index (χ1n) is 8.08. The smallest absolute Gasteiger partial charge is 0.328 e. The van der Waals surface area contributed by atoms with Gasteiger partial charge in [0, 0.05) is 12.6 Å². The minimum Gasteiger partial charge on any atom is -0.493 e. The lowest BCUT2D eigenvalue weighted by Crippen LogP contribution is -2.26. The number of benzene rings is 2. The molecular formula is C19H21NO6S. The van der Waals surface area contributed by atoms with Gasteiger partial charge < -0.3 is 14.6 Å². The van der Waals surface area contributed by atoms with Crippen molar-refractivity contribution >= 4 is 22.1 Å². The summed E-state index contributed by atoms with van der Waals surface area (Å²) in [5.41, 5.74) is 1.36. The molecule has 2 N–H and O–H groups in total. The average molecular weight is 391 g/mol. The van der Waals surface area contributed by atoms with E-state index in [4.69, 9.17) is 14.6 Å². The fourth-order valence-corrected chi connectivity index (χ4v) is 3.71. The van der Waals surface area contributed by atoms with Gasteiger partial charge in [-0.1, -0.05) is 30.3 Å². The van der Waals surface area contributed by atoms with E-state index in [0.29, 0.717) is 12.0 Å². The molecule has 0 bridgehead atoms. The van der Waals surface area contributed by atoms with Crippen LogP contribution in [0, 0.1) is 0 Å². The Hall–Kier alpha value is -2.84. The van der Waals surface area contributed by atoms with Crippen LogP contribution >= 0.6 is 0 Å². The number of carbonyl (C=O) groups is 1. The zero-order chi connectivity index (χ0) is 19.9. The van der Waals surface area contributed by atoms with Crippen LogP contribution in [0.25, 0.3) is 6.08 Å². The van der Waals surface area contributed by atoms with Gasteiger partial charge in [-0.05, 0) is 35.8 Å². The fourth-order valence-electron chi connectivity index (χ4n) is 2.47. The van der Waals surface area contributed by atoms with Crippen LogP contribution in [0.5, 0.6) is 11.5 Å². The number of sulfonamides is 1. The van der Waals surface area contributed by atoms with Crippen molar-refractivity contribution in [1.29, 1.82) is 0 Å². The molecule has 2 rings (SSSR count). The topological polar surface area (TPSA) is 102 Å². The third-order valence-corrected chi connectivity index (χ3v) is 5.19. The summed E-state index contributed by atoms with van der Waals surface area (Å²) in [5, 5.41) is 8.78. The van der Waals surface area contributed by atoms with E-state index >= 15 is 0 Å². The van der Waals surface area contributed by atoms with Crippen LogP contribution in [0.2, 0.25) is 0 Å². The van der Waals surface area contributed by atoms with Crippen LogP contribution in [0.4, 0.5) is 0 Å². The number of methoxy groups -OCH3 is 2. The zero-order valence-electron chi connectivity index (χ0n) is 15.0. The van der Waals surface area contributed by atoms with Gasteiger partial charge in [0.1, 0.15) is 4.90 Å². The first-order valence-corrected chi connectivity index (χ1v) is 9.56. The monoisotopic (exact) mass is 391 g/mol. The van der Waals surface area contributed by atoms with Crippen molar-refractivity contribution in [2.24, 2.45) is 0 Å². The Balaban J connectivity index is 2.32. The maximum atomic E-state index is 12.8. The Bertz CT molecular complexity index is 923. The van der Waals surface area contributed by atoms with E-state index in [1.54, 1.807) is 0 Å². The number of rotatable bonds is 9. The molecule has 0 aliphatic heterocycles. The highest BCUT2D eigenvalue weighted by atomic mass is 32.2. The average Bonchev–Trinajstić information content (AvgIpc) is 2.66. The molecule has 27 heavy (non-hydrogen) atoms. The van der Waals surface area contributed by atoms with Crippen molar-refractivity contribution in [3.05, 3.63) is 59.7 Å². The second-order valence-electron chi connectivity index (χ2n) is 5.56. The molecule has 2 aromatic rings. The molecule has 0 aliphatic rings. The number of ether oxygens (including phenoxy) is 2. The SMILES string of the molecule is COc1cc(C=CC(=O)O)cc(S(=O)(=O)NCCc2ccccc2)c1OC. The standard InChI is InChI=1S/C19H21NO6S/c1-25-16-12-15(8-9-18(21)22)13-17(19(16)26-2)27(23,24)20-11-10-14-6-4-3-5-7-14/h3-9,12-13,20H,10-11H2,1-2H3,(H,21,22). The van der Waals surface area contributed by atoms with Gasteiger partial charge in [0.05, 0.1) is 14.2 Å². The fraction of sp³-hybridized carbons (Fsp3) is 0.211. The van der Waals surface area contributed by atoms with E-state index in [-0.39, 0.29) is 22.9 Å². The second kappa shape index (κ2) is 9.20. The van der Waals surface area contributed by atoms with E-state index in [2.05, 4.69) is 4.72 Å². The predicted molar refractivity (Wildman–Crippen MR) is 102 cm³/mol. The van der Waals surface area contributed by atoms with Crippen molar-refractivity contribution in [2.45, 2.75) is 11.3 Å². The third-order valence-electron chi connectivity index (χ3n) is 3.72. The number of nitrogens with one attached hydrogen (secondary N) is 1. The van der Waals surface area contributed by atoms with Crippen LogP contribution in [-0.2, 0) is 21.2 Å². The van der Waals surface area contributed by atoms with E-state index in [1.807, 2.05) is 30.3 Å². The number of carboxylic acid groups (broad SMARTS) is 1. The first kappa shape index (κ1) is 20.5. The summed E-state index contributed by atoms with van der Waals surface area (Å²) in [4.78, 5) is 10.6. The number of carboxylic acids is 1. The van der Waals surface area contributed by atoms with Gasteiger partial charge in [-0.25, -0.2) is 17.9 Å². The zero-order valence-corrected chi connectivity index (χ0v) is 15.8. The summed E-state index contributed by atoms with van der Waals surface area (Å²) in [7, 11) is -1.19. The molecule has 0 atom stereocenters. The van der Waals surface area contributed by atoms with Crippen LogP contribution < -0.4 is 14.2 Å². The van der Waals surface area contributed by atoms with E-state index in [9.17, 15) is 13.2 Å². The molecule has 144 valence electrons. The Morgan fingerprint density at radius 1 is 1.15 bits per heavy atom. The number of aliphatic carboxylic acids is 1. The molecule has 0 unspecified atom stereocenters. The summed E-state index contributed by atoms with van der Waals surface area (Å²) in [6.07, 6.45) is 2.73. The molecule has 0 saturated carbocycles. The maximum absolute atomic E-state index is 12.8. The van der Waals surface area contributed by atoms with E-state index < -0.39 is 16.0 Å². The lowest BCUT2D eigenvalue weighted by atomic mass is 10.2. The quantitative estimate of drug-likeness (QED) is 0.636. The van der Waals surface area contributed by atoms with Gasteiger partial charge in [0.2, 0.25) is 10.0 Å². The highest BCUT2D eigenvalue weighted by Crippen LogP contribution is 2.36. The molecule has 0 amide bonds. The minimum atomic E-state index is -3.90. The van der Waals surface area contributed by atoms with Crippen LogP contribution in [0.15, 0.2) is 53.4 Å². The lowest BCUT2D eigenvalue weighted by Gasteiger charge is -2.15. The van der Waals surface area contributed by atoms with Crippen molar-refractivity contribution in [3.8, 4) is 11.5 Å². The molecule has 0 heterocycles. The van der Waals surface area contributed by atoms with Crippen LogP contribution in [-0.4, -0.2) is 40.3 Å². The highest BCUT2D eigenvalue weighted by molar-refractivity contribution is 7.89. The minimum absolute atomic E-state index is 0.0530. The van der Waals surface area contributed by atoms with E-state index in [0.717, 1.165) is 11.6 Å². The van der Waals surface area contributed by atoms with E-state index in [1.165, 1.54) is 32.4 Å². The third kappa shape index (κ3) is 5.57. The Labute approximate surface area is 158 Å². The van der Waals surface area contributed by atoms with Crippen molar-refractivity contribution in [1.82, 2.24) is 4.72 Å². The van der Waals surface area contributed by atoms with Crippen LogP contribution in [0.1, 0.15) is 11.1 Å². The molecule has 2 aromatic carbocycles. The molecule has 8 heteroatoms. The Morgan fingerprint density at radius 3 is 2.44 bits per heavy atom. The number of hydrogen-bond donors (Lipinski definition) is 2. The normalized spacial score (nSPS) is 11.5. The van der Waals surface area contributed by atoms with Crippen molar-refractivity contribution < 1.29 is 27.8 Å². The van der Waals surface area contributed by atoms with Gasteiger partial charge in [-0.2, -0.15) is 0 Å². The van der Waals surface area contributed by atoms with Gasteiger partial charge >= 0.3 is 5.97 Å². The molecule has 0 aromatic heterocycles. The van der Waals surface area contributed by atoms with Crippen molar-refractivity contribution in [3.63, 3.8) is 0 Å². The predicted octanol–water partition coefficient (Wildman–Crippen LogP) is 2.32. The molecule has 0 fully saturated rings. The Kier molecular flexibility index (Phi) is 6.98. The van der Waals surface area contributed by atoms with Gasteiger partial charge in [-0.3, -0.25) is 0 Å². The van der Waals surface area contributed by atoms with Gasteiger partial charge in [-0.15, -0.1) is 0 Å². The molecule has 7 nitrogen and oxygen atoms in total. The molecule has 0 radical (unpaired) electrons. The summed E-state index contributed by atoms with van der Waals surface area (Å²) in [5.74, 6) is -0.902. The molecule has 0 aliphatic carbocycles. The summed E-state index contributed by atoms with van der Waals surface area (Å²) >= 11 is 0. The lowest BCUT2D eigenvalue weighted by molar-refractivity contribution is -0.131. The Morgan fingerprint density at radius 2 is 1.85 bits per heavy atom. The first-order chi connectivity index (χ1) is 12.9. The summed E-state index contributed by atoms with van der Waals surface area (Å²) < 4.78 is 38.5. The number of hydrogen-bond acceptors (Lipinski definition) is 5. The maximum Gasteiger partial charge on any atom is 0.328 e. The van der Waals surface area contributed by atoms with Crippen molar-refractivity contribution in [2.75, 3.05) is 20.8 Å². The molecular weight excluding hydrogens is 370 g/mol. The summed E-state index contributed by atoms with van der Waals surface area (Å²) in [6.45, 7) is 0.201. The largest absolute Gasteiger partial charge is 0.493 e. The summed E-state index contributed by atoms with van der Waals surface area (Å²) in [6, 6.07) is 12.3.